The van der Waals surface area contributed by atoms with E-state index in [-0.39, 0.29) is 0 Å². The maximum atomic E-state index is 3.24. The summed E-state index contributed by atoms with van der Waals surface area (Å²) in [6, 6.07) is 8.86. The molecule has 2 nitrogen and oxygen atoms in total. The Morgan fingerprint density at radius 2 is 2.00 bits per heavy atom. The standard InChI is InChI=1S/C16H24N2/c1-3-4-5-6-11-18-12-10-15-14(13-17-2)8-7-9-16(15)18/h7-10,12,17H,3-6,11,13H2,1-2H3. The van der Waals surface area contributed by atoms with Crippen molar-refractivity contribution in [3.63, 3.8) is 0 Å². The van der Waals surface area contributed by atoms with Crippen LogP contribution in [0.4, 0.5) is 0 Å². The third-order valence-corrected chi connectivity index (χ3v) is 3.52. The van der Waals surface area contributed by atoms with Gasteiger partial charge in [-0.25, -0.2) is 0 Å². The van der Waals surface area contributed by atoms with E-state index in [9.17, 15) is 0 Å². The predicted molar refractivity (Wildman–Crippen MR) is 78.8 cm³/mol. The number of rotatable bonds is 7. The van der Waals surface area contributed by atoms with Gasteiger partial charge in [-0.05, 0) is 31.2 Å². The summed E-state index contributed by atoms with van der Waals surface area (Å²) < 4.78 is 2.39. The molecule has 0 amide bonds. The van der Waals surface area contributed by atoms with Gasteiger partial charge in [0.15, 0.2) is 0 Å². The van der Waals surface area contributed by atoms with Gasteiger partial charge in [-0.1, -0.05) is 38.3 Å². The molecule has 0 atom stereocenters. The maximum absolute atomic E-state index is 3.24. The van der Waals surface area contributed by atoms with E-state index in [4.69, 9.17) is 0 Å². The van der Waals surface area contributed by atoms with Crippen LogP contribution in [0.15, 0.2) is 30.5 Å². The minimum atomic E-state index is 0.942. The highest BCUT2D eigenvalue weighted by Gasteiger charge is 2.04. The summed E-state index contributed by atoms with van der Waals surface area (Å²) in [5.41, 5.74) is 2.77. The van der Waals surface area contributed by atoms with Crippen LogP contribution in [-0.2, 0) is 13.1 Å². The van der Waals surface area contributed by atoms with Gasteiger partial charge in [0.05, 0.1) is 0 Å². The summed E-state index contributed by atoms with van der Waals surface area (Å²) in [5.74, 6) is 0. The van der Waals surface area contributed by atoms with Crippen molar-refractivity contribution in [3.05, 3.63) is 36.0 Å². The number of fused-ring (bicyclic) bond motifs is 1. The van der Waals surface area contributed by atoms with Crippen molar-refractivity contribution < 1.29 is 0 Å². The molecule has 98 valence electrons. The molecule has 0 radical (unpaired) electrons. The number of aryl methyl sites for hydroxylation is 1. The minimum Gasteiger partial charge on any atom is -0.347 e. The van der Waals surface area contributed by atoms with Crippen molar-refractivity contribution in [1.82, 2.24) is 9.88 Å². The van der Waals surface area contributed by atoms with E-state index >= 15 is 0 Å². The molecule has 18 heavy (non-hydrogen) atoms. The number of nitrogens with zero attached hydrogens (tertiary/aromatic N) is 1. The molecule has 0 saturated carbocycles. The van der Waals surface area contributed by atoms with Gasteiger partial charge < -0.3 is 9.88 Å². The second-order valence-corrected chi connectivity index (χ2v) is 4.95. The molecule has 0 aliphatic heterocycles. The van der Waals surface area contributed by atoms with Crippen molar-refractivity contribution in [2.45, 2.75) is 45.7 Å². The fraction of sp³-hybridized carbons (Fsp3) is 0.500. The van der Waals surface area contributed by atoms with Crippen LogP contribution >= 0.6 is 0 Å². The Morgan fingerprint density at radius 3 is 2.78 bits per heavy atom. The predicted octanol–water partition coefficient (Wildman–Crippen LogP) is 3.94. The zero-order chi connectivity index (χ0) is 12.8. The van der Waals surface area contributed by atoms with Crippen LogP contribution in [0.5, 0.6) is 0 Å². The molecule has 2 aromatic rings. The molecule has 0 bridgehead atoms. The molecular formula is C16H24N2. The zero-order valence-corrected chi connectivity index (χ0v) is 11.6. The van der Waals surface area contributed by atoms with Gasteiger partial charge in [0.1, 0.15) is 0 Å². The molecular weight excluding hydrogens is 220 g/mol. The first-order valence-corrected chi connectivity index (χ1v) is 7.08. The monoisotopic (exact) mass is 244 g/mol. The number of aromatic nitrogens is 1. The van der Waals surface area contributed by atoms with Crippen molar-refractivity contribution in [1.29, 1.82) is 0 Å². The number of hydrogen-bond donors (Lipinski definition) is 1. The molecule has 1 aromatic carbocycles. The van der Waals surface area contributed by atoms with Gasteiger partial charge >= 0.3 is 0 Å². The number of unbranched alkanes of at least 4 members (excludes halogenated alkanes) is 3. The van der Waals surface area contributed by atoms with Crippen molar-refractivity contribution in [3.8, 4) is 0 Å². The smallest absolute Gasteiger partial charge is 0.0483 e. The SMILES string of the molecule is CCCCCCn1ccc2c(CNC)cccc21. The molecule has 0 spiro atoms. The van der Waals surface area contributed by atoms with Crippen LogP contribution in [0.25, 0.3) is 10.9 Å². The zero-order valence-electron chi connectivity index (χ0n) is 11.6. The number of hydrogen-bond acceptors (Lipinski definition) is 1. The lowest BCUT2D eigenvalue weighted by Crippen LogP contribution is -2.05. The quantitative estimate of drug-likeness (QED) is 0.730. The summed E-state index contributed by atoms with van der Waals surface area (Å²) in [6.45, 7) is 4.35. The maximum Gasteiger partial charge on any atom is 0.0483 e. The molecule has 1 aromatic heterocycles. The number of benzene rings is 1. The Morgan fingerprint density at radius 1 is 1.11 bits per heavy atom. The molecule has 2 heteroatoms. The lowest BCUT2D eigenvalue weighted by Gasteiger charge is -2.07. The Balaban J connectivity index is 2.12. The van der Waals surface area contributed by atoms with E-state index in [0.717, 1.165) is 13.1 Å². The summed E-state index contributed by atoms with van der Waals surface area (Å²) in [5, 5.41) is 4.63. The lowest BCUT2D eigenvalue weighted by molar-refractivity contribution is 0.593. The van der Waals surface area contributed by atoms with Crippen molar-refractivity contribution >= 4 is 10.9 Å². The van der Waals surface area contributed by atoms with E-state index in [1.165, 1.54) is 42.1 Å². The molecule has 0 unspecified atom stereocenters. The van der Waals surface area contributed by atoms with E-state index in [1.54, 1.807) is 0 Å². The fourth-order valence-electron chi connectivity index (χ4n) is 2.54. The molecule has 1 N–H and O–H groups in total. The normalized spacial score (nSPS) is 11.2. The third-order valence-electron chi connectivity index (χ3n) is 3.52. The summed E-state index contributed by atoms with van der Waals surface area (Å²) in [4.78, 5) is 0. The Bertz CT molecular complexity index is 485. The Labute approximate surface area is 110 Å². The minimum absolute atomic E-state index is 0.942. The van der Waals surface area contributed by atoms with Crippen LogP contribution < -0.4 is 5.32 Å². The molecule has 0 aliphatic rings. The summed E-state index contributed by atoms with van der Waals surface area (Å²) in [7, 11) is 2.00. The molecule has 0 saturated heterocycles. The van der Waals surface area contributed by atoms with Crippen LogP contribution in [0, 0.1) is 0 Å². The van der Waals surface area contributed by atoms with Crippen LogP contribution in [0.3, 0.4) is 0 Å². The third kappa shape index (κ3) is 2.94. The molecule has 0 aliphatic carbocycles. The largest absolute Gasteiger partial charge is 0.347 e. The van der Waals surface area contributed by atoms with Crippen LogP contribution in [0.2, 0.25) is 0 Å². The van der Waals surface area contributed by atoms with Gasteiger partial charge in [-0.2, -0.15) is 0 Å². The highest BCUT2D eigenvalue weighted by molar-refractivity contribution is 5.83. The van der Waals surface area contributed by atoms with E-state index in [0.29, 0.717) is 0 Å². The lowest BCUT2D eigenvalue weighted by atomic mass is 10.1. The van der Waals surface area contributed by atoms with Gasteiger partial charge in [0.25, 0.3) is 0 Å². The molecule has 1 heterocycles. The van der Waals surface area contributed by atoms with Crippen molar-refractivity contribution in [2.24, 2.45) is 0 Å². The van der Waals surface area contributed by atoms with Gasteiger partial charge in [0.2, 0.25) is 0 Å². The summed E-state index contributed by atoms with van der Waals surface area (Å²) >= 11 is 0. The topological polar surface area (TPSA) is 17.0 Å². The van der Waals surface area contributed by atoms with E-state index < -0.39 is 0 Å². The Kier molecular flexibility index (Phi) is 4.82. The Hall–Kier alpha value is -1.28. The van der Waals surface area contributed by atoms with E-state index in [1.807, 2.05) is 7.05 Å². The average molecular weight is 244 g/mol. The van der Waals surface area contributed by atoms with Crippen LogP contribution in [0.1, 0.15) is 38.2 Å². The highest BCUT2D eigenvalue weighted by Crippen LogP contribution is 2.21. The van der Waals surface area contributed by atoms with Crippen molar-refractivity contribution in [2.75, 3.05) is 7.05 Å². The van der Waals surface area contributed by atoms with E-state index in [2.05, 4.69) is 47.3 Å². The molecule has 0 fully saturated rings. The first kappa shape index (κ1) is 13.2. The highest BCUT2D eigenvalue weighted by atomic mass is 14.9. The van der Waals surface area contributed by atoms with Crippen LogP contribution in [-0.4, -0.2) is 11.6 Å². The molecule has 2 rings (SSSR count). The second kappa shape index (κ2) is 6.60. The van der Waals surface area contributed by atoms with Gasteiger partial charge in [-0.15, -0.1) is 0 Å². The first-order chi connectivity index (χ1) is 8.86. The second-order valence-electron chi connectivity index (χ2n) is 4.95. The first-order valence-electron chi connectivity index (χ1n) is 7.08. The van der Waals surface area contributed by atoms with Gasteiger partial charge in [0, 0.05) is 30.2 Å². The van der Waals surface area contributed by atoms with Gasteiger partial charge in [-0.3, -0.25) is 0 Å². The summed E-state index contributed by atoms with van der Waals surface area (Å²) in [6.07, 6.45) is 7.51. The fourth-order valence-corrected chi connectivity index (χ4v) is 2.54. The average Bonchev–Trinajstić information content (AvgIpc) is 2.80. The number of nitrogens with one attached hydrogen (secondary N) is 1.